The first kappa shape index (κ1) is 20.8. The van der Waals surface area contributed by atoms with Crippen LogP contribution in [0.15, 0.2) is 18.2 Å². The van der Waals surface area contributed by atoms with Crippen molar-refractivity contribution in [3.8, 4) is 0 Å². The fourth-order valence-corrected chi connectivity index (χ4v) is 7.11. The van der Waals surface area contributed by atoms with Crippen molar-refractivity contribution >= 4 is 17.6 Å². The van der Waals surface area contributed by atoms with Crippen LogP contribution in [0.25, 0.3) is 0 Å². The lowest BCUT2D eigenvalue weighted by Crippen LogP contribution is -2.48. The first-order valence-electron chi connectivity index (χ1n) is 12.1. The molecule has 3 fully saturated rings. The number of alkyl halides is 1. The van der Waals surface area contributed by atoms with Crippen molar-refractivity contribution in [2.24, 2.45) is 5.41 Å². The Labute approximate surface area is 185 Å². The van der Waals surface area contributed by atoms with Gasteiger partial charge in [0.1, 0.15) is 0 Å². The Hall–Kier alpha value is -1.06. The van der Waals surface area contributed by atoms with Crippen LogP contribution in [0.1, 0.15) is 93.7 Å². The van der Waals surface area contributed by atoms with Gasteiger partial charge in [0.15, 0.2) is 0 Å². The first-order valence-corrected chi connectivity index (χ1v) is 12.5. The Bertz CT molecular complexity index is 807. The molecule has 5 rings (SSSR count). The van der Waals surface area contributed by atoms with Crippen molar-refractivity contribution in [1.82, 2.24) is 0 Å². The largest absolute Gasteiger partial charge is 0.465 e. The normalized spacial score (nSPS) is 38.2. The maximum Gasteiger partial charge on any atom is 0.306 e. The summed E-state index contributed by atoms with van der Waals surface area (Å²) in [6.45, 7) is 2.88. The van der Waals surface area contributed by atoms with Crippen LogP contribution >= 0.6 is 11.6 Å². The molecule has 164 valence electrons. The van der Waals surface area contributed by atoms with Crippen molar-refractivity contribution < 1.29 is 14.3 Å². The second-order valence-corrected chi connectivity index (χ2v) is 11.2. The summed E-state index contributed by atoms with van der Waals surface area (Å²) in [7, 11) is 0. The smallest absolute Gasteiger partial charge is 0.306 e. The summed E-state index contributed by atoms with van der Waals surface area (Å²) in [6, 6.07) is 7.16. The lowest BCUT2D eigenvalue weighted by Gasteiger charge is -2.46. The van der Waals surface area contributed by atoms with E-state index in [1.165, 1.54) is 36.0 Å². The summed E-state index contributed by atoms with van der Waals surface area (Å²) in [6.07, 6.45) is 13.1. The van der Waals surface area contributed by atoms with E-state index in [4.69, 9.17) is 21.1 Å². The van der Waals surface area contributed by atoms with Crippen LogP contribution in [-0.2, 0) is 27.1 Å². The molecule has 4 heteroatoms. The number of carbonyl (C=O) groups is 1. The lowest BCUT2D eigenvalue weighted by atomic mass is 9.74. The minimum atomic E-state index is -0.0590. The number of unbranched alkanes of at least 4 members (excludes halogenated alkanes) is 1. The standard InChI is InChI=1S/C26H35ClO3/c1-2-3-4-23-12-22(27)15-26(30-23)10-8-19-11-18(5-6-20(19)14-26)21-7-9-25(13-21)16-24(28)29-17-25/h5-6,11,21-23H,2-4,7-10,12-17H2,1H3/t21-,22?,23?,25-,26?/m0/s1. The van der Waals surface area contributed by atoms with Crippen molar-refractivity contribution in [3.63, 3.8) is 0 Å². The number of rotatable bonds is 4. The zero-order chi connectivity index (χ0) is 20.8. The number of aryl methyl sites for hydroxylation is 1. The number of halogens is 1. The van der Waals surface area contributed by atoms with Gasteiger partial charge in [-0.25, -0.2) is 0 Å². The predicted molar refractivity (Wildman–Crippen MR) is 119 cm³/mol. The van der Waals surface area contributed by atoms with Crippen molar-refractivity contribution in [3.05, 3.63) is 34.9 Å². The molecule has 2 aliphatic carbocycles. The van der Waals surface area contributed by atoms with E-state index in [-0.39, 0.29) is 22.4 Å². The van der Waals surface area contributed by atoms with E-state index >= 15 is 0 Å². The molecule has 0 radical (unpaired) electrons. The average Bonchev–Trinajstić information content (AvgIpc) is 3.31. The van der Waals surface area contributed by atoms with Gasteiger partial charge in [0.2, 0.25) is 0 Å². The number of benzene rings is 1. The summed E-state index contributed by atoms with van der Waals surface area (Å²) in [5, 5.41) is 0.243. The molecule has 0 aromatic heterocycles. The second kappa shape index (κ2) is 8.13. The highest BCUT2D eigenvalue weighted by atomic mass is 35.5. The topological polar surface area (TPSA) is 35.5 Å². The molecule has 3 unspecified atom stereocenters. The van der Waals surface area contributed by atoms with E-state index in [9.17, 15) is 4.79 Å². The Morgan fingerprint density at radius 2 is 2.07 bits per heavy atom. The molecule has 2 heterocycles. The number of esters is 1. The molecule has 0 bridgehead atoms. The minimum Gasteiger partial charge on any atom is -0.465 e. The Balaban J connectivity index is 1.29. The Morgan fingerprint density at radius 3 is 2.87 bits per heavy atom. The number of carbonyl (C=O) groups excluding carboxylic acids is 1. The third kappa shape index (κ3) is 4.05. The molecule has 0 amide bonds. The van der Waals surface area contributed by atoms with E-state index in [0.29, 0.717) is 25.0 Å². The van der Waals surface area contributed by atoms with E-state index in [1.807, 2.05) is 0 Å². The van der Waals surface area contributed by atoms with Crippen LogP contribution < -0.4 is 0 Å². The molecule has 1 aromatic rings. The van der Waals surface area contributed by atoms with Gasteiger partial charge in [0.05, 0.1) is 24.7 Å². The Kier molecular flexibility index (Phi) is 5.64. The zero-order valence-electron chi connectivity index (χ0n) is 18.3. The van der Waals surface area contributed by atoms with Gasteiger partial charge in [-0.3, -0.25) is 4.79 Å². The van der Waals surface area contributed by atoms with E-state index in [2.05, 4.69) is 25.1 Å². The molecule has 5 atom stereocenters. The third-order valence-electron chi connectivity index (χ3n) is 8.23. The molecule has 1 saturated carbocycles. The van der Waals surface area contributed by atoms with Crippen molar-refractivity contribution in [2.45, 2.75) is 107 Å². The maximum absolute atomic E-state index is 11.6. The molecule has 2 saturated heterocycles. The molecule has 4 aliphatic rings. The van der Waals surface area contributed by atoms with Crippen LogP contribution in [0.2, 0.25) is 0 Å². The maximum atomic E-state index is 11.6. The van der Waals surface area contributed by atoms with Crippen LogP contribution in [0.5, 0.6) is 0 Å². The van der Waals surface area contributed by atoms with Gasteiger partial charge in [-0.1, -0.05) is 38.0 Å². The van der Waals surface area contributed by atoms with Gasteiger partial charge in [0.25, 0.3) is 0 Å². The van der Waals surface area contributed by atoms with Gasteiger partial charge >= 0.3 is 5.97 Å². The molecular formula is C26H35ClO3. The van der Waals surface area contributed by atoms with Gasteiger partial charge in [0, 0.05) is 17.2 Å². The molecular weight excluding hydrogens is 396 g/mol. The monoisotopic (exact) mass is 430 g/mol. The summed E-state index contributed by atoms with van der Waals surface area (Å²) in [5.74, 6) is 0.561. The SMILES string of the molecule is CCCCC1CC(Cl)CC2(CCc3cc([C@H]4CC[C@]5(COC(=O)C5)C4)ccc3C2)O1. The molecule has 0 N–H and O–H groups in total. The predicted octanol–water partition coefficient (Wildman–Crippen LogP) is 6.09. The van der Waals surface area contributed by atoms with Crippen LogP contribution in [0, 0.1) is 5.41 Å². The third-order valence-corrected chi connectivity index (χ3v) is 8.57. The summed E-state index contributed by atoms with van der Waals surface area (Å²) in [5.41, 5.74) is 4.47. The fraction of sp³-hybridized carbons (Fsp3) is 0.731. The fourth-order valence-electron chi connectivity index (χ4n) is 6.63. The summed E-state index contributed by atoms with van der Waals surface area (Å²) in [4.78, 5) is 11.6. The minimum absolute atomic E-state index is 0.00583. The van der Waals surface area contributed by atoms with Gasteiger partial charge < -0.3 is 9.47 Å². The van der Waals surface area contributed by atoms with E-state index in [0.717, 1.165) is 51.4 Å². The average molecular weight is 431 g/mol. The summed E-state index contributed by atoms with van der Waals surface area (Å²) >= 11 is 6.71. The highest BCUT2D eigenvalue weighted by molar-refractivity contribution is 6.20. The number of cyclic esters (lactones) is 1. The highest BCUT2D eigenvalue weighted by Crippen LogP contribution is 2.52. The first-order chi connectivity index (χ1) is 14.5. The van der Waals surface area contributed by atoms with Crippen LogP contribution in [0.3, 0.4) is 0 Å². The van der Waals surface area contributed by atoms with E-state index < -0.39 is 0 Å². The van der Waals surface area contributed by atoms with Gasteiger partial charge in [-0.05, 0) is 74.0 Å². The number of fused-ring (bicyclic) bond motifs is 1. The van der Waals surface area contributed by atoms with Crippen LogP contribution in [-0.4, -0.2) is 29.7 Å². The molecule has 30 heavy (non-hydrogen) atoms. The van der Waals surface area contributed by atoms with E-state index in [1.54, 1.807) is 0 Å². The van der Waals surface area contributed by atoms with Gasteiger partial charge in [-0.2, -0.15) is 0 Å². The molecule has 2 aliphatic heterocycles. The number of hydrogen-bond acceptors (Lipinski definition) is 3. The number of ether oxygens (including phenoxy) is 2. The quantitative estimate of drug-likeness (QED) is 0.428. The highest BCUT2D eigenvalue weighted by Gasteiger charge is 2.47. The molecule has 3 nitrogen and oxygen atoms in total. The lowest BCUT2D eigenvalue weighted by molar-refractivity contribution is -0.138. The second-order valence-electron chi connectivity index (χ2n) is 10.6. The molecule has 1 aromatic carbocycles. The van der Waals surface area contributed by atoms with Crippen molar-refractivity contribution in [1.29, 1.82) is 0 Å². The van der Waals surface area contributed by atoms with Crippen LogP contribution in [0.4, 0.5) is 0 Å². The Morgan fingerprint density at radius 1 is 1.17 bits per heavy atom. The zero-order valence-corrected chi connectivity index (χ0v) is 19.0. The summed E-state index contributed by atoms with van der Waals surface area (Å²) < 4.78 is 12.0. The molecule has 2 spiro atoms. The number of hydrogen-bond donors (Lipinski definition) is 0. The van der Waals surface area contributed by atoms with Crippen molar-refractivity contribution in [2.75, 3.05) is 6.61 Å². The van der Waals surface area contributed by atoms with Gasteiger partial charge in [-0.15, -0.1) is 11.6 Å².